The average Bonchev–Trinajstić information content (AvgIpc) is 3.43. The van der Waals surface area contributed by atoms with E-state index in [1.165, 1.54) is 13.8 Å². The lowest BCUT2D eigenvalue weighted by atomic mass is 9.99. The monoisotopic (exact) mass is 596 g/mol. The number of amides is 1. The number of esters is 2. The lowest BCUT2D eigenvalue weighted by molar-refractivity contribution is -0.253. The summed E-state index contributed by atoms with van der Waals surface area (Å²) in [6.45, 7) is 10.0. The number of carbonyl (C=O) groups is 3. The van der Waals surface area contributed by atoms with E-state index < -0.39 is 24.0 Å². The molecule has 2 aliphatic heterocycles. The number of aliphatic hydroxyl groups excluding tert-OH is 1. The van der Waals surface area contributed by atoms with Crippen LogP contribution in [0.2, 0.25) is 0 Å². The van der Waals surface area contributed by atoms with E-state index in [0.29, 0.717) is 13.0 Å². The molecule has 0 unspecified atom stereocenters. The van der Waals surface area contributed by atoms with E-state index >= 15 is 0 Å². The standard InChI is InChI=1S/C33H44N2O8/c1-21(40-22(2)37)30(38)34-18-23-8-14-26(15-9-23)32-41-27(17-29(42-32)25-12-10-24(20-36)11-13-25)19-35-16-6-7-28(35)31(39)43-33(3,4)5/h8-15,21,27-29,32,36H,6-7,16-20H2,1-5H3,(H,34,38)/t21-,27+,28-,29-,32-/m0/s1. The van der Waals surface area contributed by atoms with Crippen LogP contribution in [-0.2, 0) is 46.5 Å². The first-order chi connectivity index (χ1) is 20.4. The van der Waals surface area contributed by atoms with Crippen molar-refractivity contribution >= 4 is 17.8 Å². The highest BCUT2D eigenvalue weighted by atomic mass is 16.7. The summed E-state index contributed by atoms with van der Waals surface area (Å²) < 4.78 is 23.6. The fraction of sp³-hybridized carbons (Fsp3) is 0.545. The van der Waals surface area contributed by atoms with Crippen LogP contribution in [0.5, 0.6) is 0 Å². The number of nitrogens with zero attached hydrogens (tertiary/aromatic N) is 1. The van der Waals surface area contributed by atoms with Gasteiger partial charge < -0.3 is 29.4 Å². The highest BCUT2D eigenvalue weighted by Crippen LogP contribution is 2.39. The quantitative estimate of drug-likeness (QED) is 0.390. The third-order valence-corrected chi connectivity index (χ3v) is 7.53. The van der Waals surface area contributed by atoms with Crippen molar-refractivity contribution in [3.05, 3.63) is 70.8 Å². The third-order valence-electron chi connectivity index (χ3n) is 7.53. The normalized spacial score (nSPS) is 23.4. The summed E-state index contributed by atoms with van der Waals surface area (Å²) in [5.41, 5.74) is 2.96. The predicted octanol–water partition coefficient (Wildman–Crippen LogP) is 4.10. The zero-order valence-electron chi connectivity index (χ0n) is 25.7. The first-order valence-corrected chi connectivity index (χ1v) is 14.9. The molecule has 10 nitrogen and oxygen atoms in total. The van der Waals surface area contributed by atoms with E-state index in [4.69, 9.17) is 18.9 Å². The molecule has 0 aliphatic carbocycles. The van der Waals surface area contributed by atoms with Crippen LogP contribution in [0.3, 0.4) is 0 Å². The lowest BCUT2D eigenvalue weighted by Crippen LogP contribution is -2.45. The highest BCUT2D eigenvalue weighted by molar-refractivity contribution is 5.82. The van der Waals surface area contributed by atoms with E-state index in [-0.39, 0.29) is 43.3 Å². The average molecular weight is 597 g/mol. The largest absolute Gasteiger partial charge is 0.459 e. The molecule has 2 aromatic rings. The molecule has 0 saturated carbocycles. The fourth-order valence-corrected chi connectivity index (χ4v) is 5.40. The number of aliphatic hydroxyl groups is 1. The summed E-state index contributed by atoms with van der Waals surface area (Å²) in [4.78, 5) is 38.5. The summed E-state index contributed by atoms with van der Waals surface area (Å²) in [5, 5.41) is 12.3. The highest BCUT2D eigenvalue weighted by Gasteiger charge is 2.38. The molecular formula is C33H44N2O8. The number of ether oxygens (including phenoxy) is 4. The van der Waals surface area contributed by atoms with Crippen LogP contribution in [0, 0.1) is 0 Å². The molecule has 5 atom stereocenters. The van der Waals surface area contributed by atoms with Gasteiger partial charge in [0.25, 0.3) is 5.91 Å². The molecular weight excluding hydrogens is 552 g/mol. The molecule has 10 heteroatoms. The minimum absolute atomic E-state index is 0.0311. The van der Waals surface area contributed by atoms with Gasteiger partial charge in [-0.25, -0.2) is 0 Å². The third kappa shape index (κ3) is 9.34. The molecule has 2 saturated heterocycles. The molecule has 2 aliphatic rings. The first kappa shape index (κ1) is 32.6. The molecule has 0 spiro atoms. The Morgan fingerprint density at radius 1 is 1.02 bits per heavy atom. The SMILES string of the molecule is CC(=O)O[C@@H](C)C(=O)NCc1ccc([C@H]2O[C@@H](CN3CCC[C@H]3C(=O)OC(C)(C)C)C[C@@H](c3ccc(CO)cc3)O2)cc1. The second-order valence-electron chi connectivity index (χ2n) is 12.2. The Kier molecular flexibility index (Phi) is 10.9. The Labute approximate surface area is 253 Å². The summed E-state index contributed by atoms with van der Waals surface area (Å²) >= 11 is 0. The van der Waals surface area contributed by atoms with E-state index in [9.17, 15) is 19.5 Å². The first-order valence-electron chi connectivity index (χ1n) is 14.9. The Hall–Kier alpha value is -3.31. The zero-order chi connectivity index (χ0) is 31.1. The van der Waals surface area contributed by atoms with Crippen molar-refractivity contribution in [2.24, 2.45) is 0 Å². The molecule has 4 rings (SSSR count). The Balaban J connectivity index is 1.47. The minimum atomic E-state index is -0.869. The van der Waals surface area contributed by atoms with Crippen molar-refractivity contribution < 1.29 is 38.4 Å². The number of hydrogen-bond acceptors (Lipinski definition) is 9. The maximum Gasteiger partial charge on any atom is 0.323 e. The van der Waals surface area contributed by atoms with Crippen LogP contribution in [-0.4, -0.2) is 64.8 Å². The molecule has 2 aromatic carbocycles. The number of rotatable bonds is 10. The van der Waals surface area contributed by atoms with Crippen molar-refractivity contribution in [2.45, 2.75) is 103 Å². The summed E-state index contributed by atoms with van der Waals surface area (Å²) in [6, 6.07) is 15.0. The van der Waals surface area contributed by atoms with Crippen LogP contribution in [0.25, 0.3) is 0 Å². The van der Waals surface area contributed by atoms with Gasteiger partial charge in [0.05, 0.1) is 18.8 Å². The summed E-state index contributed by atoms with van der Waals surface area (Å²) in [6.07, 6.45) is 0.317. The van der Waals surface area contributed by atoms with Gasteiger partial charge in [0, 0.05) is 32.0 Å². The van der Waals surface area contributed by atoms with Crippen molar-refractivity contribution in [1.82, 2.24) is 10.2 Å². The van der Waals surface area contributed by atoms with Crippen molar-refractivity contribution in [1.29, 1.82) is 0 Å². The van der Waals surface area contributed by atoms with Crippen LogP contribution in [0.4, 0.5) is 0 Å². The topological polar surface area (TPSA) is 124 Å². The maximum absolute atomic E-state index is 13.0. The van der Waals surface area contributed by atoms with Gasteiger partial charge in [-0.2, -0.15) is 0 Å². The van der Waals surface area contributed by atoms with Gasteiger partial charge >= 0.3 is 11.9 Å². The summed E-state index contributed by atoms with van der Waals surface area (Å²) in [7, 11) is 0. The van der Waals surface area contributed by atoms with E-state index in [2.05, 4.69) is 10.2 Å². The Bertz CT molecular complexity index is 1240. The van der Waals surface area contributed by atoms with Crippen molar-refractivity contribution in [3.63, 3.8) is 0 Å². The second kappa shape index (κ2) is 14.4. The molecule has 43 heavy (non-hydrogen) atoms. The van der Waals surface area contributed by atoms with Gasteiger partial charge in [0.15, 0.2) is 12.4 Å². The molecule has 2 fully saturated rings. The smallest absolute Gasteiger partial charge is 0.323 e. The molecule has 2 heterocycles. The van der Waals surface area contributed by atoms with Crippen LogP contribution >= 0.6 is 0 Å². The number of benzene rings is 2. The Morgan fingerprint density at radius 2 is 1.67 bits per heavy atom. The zero-order valence-corrected chi connectivity index (χ0v) is 25.7. The van der Waals surface area contributed by atoms with Crippen molar-refractivity contribution in [2.75, 3.05) is 13.1 Å². The molecule has 1 amide bonds. The number of likely N-dealkylation sites (tertiary alicyclic amines) is 1. The van der Waals surface area contributed by atoms with E-state index in [0.717, 1.165) is 41.6 Å². The molecule has 0 radical (unpaired) electrons. The number of carbonyl (C=O) groups excluding carboxylic acids is 3. The van der Waals surface area contributed by atoms with E-state index in [1.54, 1.807) is 0 Å². The predicted molar refractivity (Wildman–Crippen MR) is 158 cm³/mol. The molecule has 0 aromatic heterocycles. The van der Waals surface area contributed by atoms with Crippen molar-refractivity contribution in [3.8, 4) is 0 Å². The number of nitrogens with one attached hydrogen (secondary N) is 1. The second-order valence-corrected chi connectivity index (χ2v) is 12.2. The van der Waals surface area contributed by atoms with E-state index in [1.807, 2.05) is 69.3 Å². The molecule has 234 valence electrons. The van der Waals surface area contributed by atoms with Gasteiger partial charge in [0.1, 0.15) is 11.6 Å². The summed E-state index contributed by atoms with van der Waals surface area (Å²) in [5.74, 6) is -1.08. The van der Waals surface area contributed by atoms with Crippen LogP contribution in [0.1, 0.15) is 88.5 Å². The van der Waals surface area contributed by atoms with Crippen LogP contribution in [0.15, 0.2) is 48.5 Å². The lowest BCUT2D eigenvalue weighted by Gasteiger charge is -2.38. The van der Waals surface area contributed by atoms with Gasteiger partial charge in [0.2, 0.25) is 0 Å². The van der Waals surface area contributed by atoms with Gasteiger partial charge in [-0.05, 0) is 63.8 Å². The number of hydrogen-bond donors (Lipinski definition) is 2. The Morgan fingerprint density at radius 3 is 2.30 bits per heavy atom. The van der Waals surface area contributed by atoms with Gasteiger partial charge in [-0.1, -0.05) is 48.5 Å². The minimum Gasteiger partial charge on any atom is -0.459 e. The van der Waals surface area contributed by atoms with Gasteiger partial charge in [-0.15, -0.1) is 0 Å². The fourth-order valence-electron chi connectivity index (χ4n) is 5.40. The van der Waals surface area contributed by atoms with Crippen LogP contribution < -0.4 is 5.32 Å². The van der Waals surface area contributed by atoms with Gasteiger partial charge in [-0.3, -0.25) is 19.3 Å². The molecule has 2 N–H and O–H groups in total. The molecule has 0 bridgehead atoms. The maximum atomic E-state index is 13.0.